The van der Waals surface area contributed by atoms with Crippen molar-refractivity contribution in [2.75, 3.05) is 13.1 Å². The second kappa shape index (κ2) is 8.03. The zero-order chi connectivity index (χ0) is 20.4. The van der Waals surface area contributed by atoms with Crippen LogP contribution < -0.4 is 5.69 Å². The van der Waals surface area contributed by atoms with Crippen molar-refractivity contribution in [3.05, 3.63) is 81.8 Å². The van der Waals surface area contributed by atoms with Crippen molar-refractivity contribution in [3.8, 4) is 5.69 Å². The minimum absolute atomic E-state index is 0.139. The number of aromatic amines is 1. The molecule has 0 saturated carbocycles. The largest absolute Gasteiger partial charge is 0.347 e. The third kappa shape index (κ3) is 3.99. The van der Waals surface area contributed by atoms with Crippen LogP contribution >= 0.6 is 0 Å². The number of carbonyl (C=O) groups excluding carboxylic acids is 1. The first-order valence-electron chi connectivity index (χ1n) is 9.80. The molecule has 0 spiro atoms. The fraction of sp³-hybridized carbons (Fsp3) is 0.318. The van der Waals surface area contributed by atoms with E-state index >= 15 is 0 Å². The van der Waals surface area contributed by atoms with Gasteiger partial charge in [0, 0.05) is 25.1 Å². The average molecular weight is 394 g/mol. The van der Waals surface area contributed by atoms with Crippen molar-refractivity contribution in [2.45, 2.75) is 26.2 Å². The van der Waals surface area contributed by atoms with Crippen LogP contribution in [0.4, 0.5) is 4.39 Å². The number of nitrogens with zero attached hydrogens (tertiary/aromatic N) is 3. The Morgan fingerprint density at radius 1 is 1.17 bits per heavy atom. The van der Waals surface area contributed by atoms with Crippen LogP contribution in [0.1, 0.15) is 34.6 Å². The molecule has 29 heavy (non-hydrogen) atoms. The van der Waals surface area contributed by atoms with Crippen LogP contribution in [0.15, 0.2) is 53.3 Å². The summed E-state index contributed by atoms with van der Waals surface area (Å²) in [6, 6.07) is 13.5. The number of rotatable bonds is 4. The molecule has 1 fully saturated rings. The number of aromatic nitrogens is 3. The number of H-pyrrole nitrogens is 1. The third-order valence-corrected chi connectivity index (χ3v) is 5.54. The number of piperidine rings is 1. The molecular formula is C22H23FN4O2. The lowest BCUT2D eigenvalue weighted by Gasteiger charge is -2.32. The molecule has 3 aromatic rings. The van der Waals surface area contributed by atoms with E-state index < -0.39 is 5.82 Å². The van der Waals surface area contributed by atoms with Gasteiger partial charge in [0.25, 0.3) is 5.91 Å². The summed E-state index contributed by atoms with van der Waals surface area (Å²) in [5.41, 5.74) is 1.98. The Hall–Kier alpha value is -3.22. The second-order valence-corrected chi connectivity index (χ2v) is 7.52. The molecule has 1 amide bonds. The van der Waals surface area contributed by atoms with E-state index in [2.05, 4.69) is 10.2 Å². The van der Waals surface area contributed by atoms with Crippen LogP contribution in [0, 0.1) is 18.7 Å². The number of aryl methyl sites for hydroxylation is 1. The number of amides is 1. The Labute approximate surface area is 168 Å². The average Bonchev–Trinajstić information content (AvgIpc) is 3.08. The Kier molecular flexibility index (Phi) is 5.29. The Morgan fingerprint density at radius 2 is 1.93 bits per heavy atom. The van der Waals surface area contributed by atoms with Gasteiger partial charge in [0.1, 0.15) is 11.6 Å². The molecule has 150 valence electrons. The molecule has 0 atom stereocenters. The first-order chi connectivity index (χ1) is 14.0. The lowest BCUT2D eigenvalue weighted by atomic mass is 9.92. The van der Waals surface area contributed by atoms with Gasteiger partial charge in [-0.1, -0.05) is 24.3 Å². The maximum atomic E-state index is 13.4. The molecule has 2 heterocycles. The molecule has 4 rings (SSSR count). The molecule has 0 radical (unpaired) electrons. The minimum Gasteiger partial charge on any atom is -0.339 e. The third-order valence-electron chi connectivity index (χ3n) is 5.54. The molecule has 1 aliphatic rings. The van der Waals surface area contributed by atoms with Crippen LogP contribution in [0.2, 0.25) is 0 Å². The first kappa shape index (κ1) is 19.1. The molecule has 1 aliphatic heterocycles. The van der Waals surface area contributed by atoms with Crippen molar-refractivity contribution in [1.29, 1.82) is 0 Å². The predicted octanol–water partition coefficient (Wildman–Crippen LogP) is 3.10. The van der Waals surface area contributed by atoms with Gasteiger partial charge in [-0.25, -0.2) is 18.9 Å². The normalized spacial score (nSPS) is 14.9. The number of nitrogens with one attached hydrogen (secondary N) is 1. The molecule has 1 aromatic heterocycles. The monoisotopic (exact) mass is 394 g/mol. The quantitative estimate of drug-likeness (QED) is 0.739. The van der Waals surface area contributed by atoms with Gasteiger partial charge in [0.15, 0.2) is 0 Å². The highest BCUT2D eigenvalue weighted by molar-refractivity contribution is 5.94. The van der Waals surface area contributed by atoms with E-state index in [4.69, 9.17) is 0 Å². The van der Waals surface area contributed by atoms with Crippen LogP contribution in [0.25, 0.3) is 5.69 Å². The topological polar surface area (TPSA) is 71.0 Å². The summed E-state index contributed by atoms with van der Waals surface area (Å²) >= 11 is 0. The highest BCUT2D eigenvalue weighted by Crippen LogP contribution is 2.23. The van der Waals surface area contributed by atoms with Gasteiger partial charge >= 0.3 is 5.69 Å². The lowest BCUT2D eigenvalue weighted by molar-refractivity contribution is 0.0689. The van der Waals surface area contributed by atoms with E-state index in [1.54, 1.807) is 21.6 Å². The molecule has 6 nitrogen and oxygen atoms in total. The van der Waals surface area contributed by atoms with Crippen LogP contribution in [-0.2, 0) is 6.42 Å². The van der Waals surface area contributed by atoms with Gasteiger partial charge in [-0.15, -0.1) is 0 Å². The number of carbonyl (C=O) groups is 1. The molecule has 2 aromatic carbocycles. The molecular weight excluding hydrogens is 371 g/mol. The Morgan fingerprint density at radius 3 is 2.66 bits per heavy atom. The van der Waals surface area contributed by atoms with Crippen molar-refractivity contribution in [3.63, 3.8) is 0 Å². The van der Waals surface area contributed by atoms with Gasteiger partial charge in [-0.3, -0.25) is 4.79 Å². The zero-order valence-corrected chi connectivity index (χ0v) is 16.3. The van der Waals surface area contributed by atoms with Crippen LogP contribution in [0.5, 0.6) is 0 Å². The van der Waals surface area contributed by atoms with E-state index in [9.17, 15) is 14.0 Å². The Balaban J connectivity index is 1.44. The highest BCUT2D eigenvalue weighted by Gasteiger charge is 2.26. The van der Waals surface area contributed by atoms with Crippen LogP contribution in [0.3, 0.4) is 0 Å². The summed E-state index contributed by atoms with van der Waals surface area (Å²) in [7, 11) is 0. The Bertz CT molecular complexity index is 1080. The summed E-state index contributed by atoms with van der Waals surface area (Å²) in [5.74, 6) is 0.488. The smallest absolute Gasteiger partial charge is 0.339 e. The van der Waals surface area contributed by atoms with E-state index in [1.807, 2.05) is 31.2 Å². The SMILES string of the molecule is Cc1ccccc1-n1c(CC2CCN(C(=O)c3cccc(F)c3)CC2)n[nH]c1=O. The molecule has 0 unspecified atom stereocenters. The summed E-state index contributed by atoms with van der Waals surface area (Å²) in [4.78, 5) is 26.7. The molecule has 0 bridgehead atoms. The zero-order valence-electron chi connectivity index (χ0n) is 16.3. The molecule has 1 N–H and O–H groups in total. The van der Waals surface area contributed by atoms with Gasteiger partial charge in [-0.2, -0.15) is 5.10 Å². The number of halogens is 1. The lowest BCUT2D eigenvalue weighted by Crippen LogP contribution is -2.39. The van der Waals surface area contributed by atoms with E-state index in [0.29, 0.717) is 36.8 Å². The minimum atomic E-state index is -0.404. The first-order valence-corrected chi connectivity index (χ1v) is 9.80. The number of benzene rings is 2. The highest BCUT2D eigenvalue weighted by atomic mass is 19.1. The summed E-state index contributed by atoms with van der Waals surface area (Å²) in [6.45, 7) is 3.19. The van der Waals surface area contributed by atoms with E-state index in [0.717, 1.165) is 24.1 Å². The molecule has 7 heteroatoms. The predicted molar refractivity (Wildman–Crippen MR) is 108 cm³/mol. The van der Waals surface area contributed by atoms with Crippen LogP contribution in [-0.4, -0.2) is 38.7 Å². The summed E-state index contributed by atoms with van der Waals surface area (Å²) in [5, 5.41) is 6.81. The fourth-order valence-corrected chi connectivity index (χ4v) is 3.93. The number of hydrogen-bond acceptors (Lipinski definition) is 3. The maximum absolute atomic E-state index is 13.4. The maximum Gasteiger partial charge on any atom is 0.347 e. The van der Waals surface area contributed by atoms with Gasteiger partial charge < -0.3 is 4.90 Å². The van der Waals surface area contributed by atoms with Gasteiger partial charge in [0.05, 0.1) is 5.69 Å². The molecule has 1 saturated heterocycles. The van der Waals surface area contributed by atoms with Crippen molar-refractivity contribution >= 4 is 5.91 Å². The summed E-state index contributed by atoms with van der Waals surface area (Å²) < 4.78 is 15.0. The van der Waals surface area contributed by atoms with Crippen molar-refractivity contribution in [1.82, 2.24) is 19.7 Å². The van der Waals surface area contributed by atoms with Crippen molar-refractivity contribution < 1.29 is 9.18 Å². The fourth-order valence-electron chi connectivity index (χ4n) is 3.93. The number of hydrogen-bond donors (Lipinski definition) is 1. The molecule has 0 aliphatic carbocycles. The number of para-hydroxylation sites is 1. The summed E-state index contributed by atoms with van der Waals surface area (Å²) in [6.07, 6.45) is 2.29. The number of likely N-dealkylation sites (tertiary alicyclic amines) is 1. The standard InChI is InChI=1S/C22H23FN4O2/c1-15-5-2-3-8-19(15)27-20(24-25-22(27)29)13-16-9-11-26(12-10-16)21(28)17-6-4-7-18(23)14-17/h2-8,14,16H,9-13H2,1H3,(H,25,29). The van der Waals surface area contributed by atoms with Crippen molar-refractivity contribution in [2.24, 2.45) is 5.92 Å². The second-order valence-electron chi connectivity index (χ2n) is 7.52. The van der Waals surface area contributed by atoms with Gasteiger partial charge in [0.2, 0.25) is 0 Å². The van der Waals surface area contributed by atoms with Gasteiger partial charge in [-0.05, 0) is 55.5 Å². The van der Waals surface area contributed by atoms with E-state index in [-0.39, 0.29) is 11.6 Å². The van der Waals surface area contributed by atoms with E-state index in [1.165, 1.54) is 12.1 Å².